The molecule has 0 unspecified atom stereocenters. The Bertz CT molecular complexity index is 1040. The van der Waals surface area contributed by atoms with Crippen molar-refractivity contribution in [3.05, 3.63) is 65.2 Å². The van der Waals surface area contributed by atoms with Crippen molar-refractivity contribution < 1.29 is 14.7 Å². The molecule has 0 spiro atoms. The van der Waals surface area contributed by atoms with Crippen LogP contribution in [0, 0.1) is 10.3 Å². The summed E-state index contributed by atoms with van der Waals surface area (Å²) in [5, 5.41) is 16.0. The number of benzene rings is 2. The number of anilines is 2. The van der Waals surface area contributed by atoms with E-state index < -0.39 is 11.4 Å². The Morgan fingerprint density at radius 3 is 2.17 bits per heavy atom. The quantitative estimate of drug-likeness (QED) is 0.368. The van der Waals surface area contributed by atoms with Gasteiger partial charge in [0.2, 0.25) is 0 Å². The lowest BCUT2D eigenvalue weighted by molar-refractivity contribution is -0.146. The maximum absolute atomic E-state index is 12.4. The van der Waals surface area contributed by atoms with Crippen molar-refractivity contribution in [1.82, 2.24) is 4.98 Å². The zero-order valence-corrected chi connectivity index (χ0v) is 16.7. The minimum atomic E-state index is -1.10. The summed E-state index contributed by atoms with van der Waals surface area (Å²) in [6, 6.07) is 14.7. The number of hydrogen-bond acceptors (Lipinski definition) is 7. The third-order valence-corrected chi connectivity index (χ3v) is 5.23. The first kappa shape index (κ1) is 20.3. The normalized spacial score (nSPS) is 11.1. The van der Waals surface area contributed by atoms with Crippen LogP contribution in [0.1, 0.15) is 30.6 Å². The number of ketones is 1. The van der Waals surface area contributed by atoms with E-state index in [1.165, 1.54) is 17.5 Å². The maximum Gasteiger partial charge on any atom is 0.309 e. The largest absolute Gasteiger partial charge is 0.481 e. The molecule has 7 nitrogen and oxygen atoms in total. The second kappa shape index (κ2) is 8.32. The molecule has 8 heteroatoms. The SMILES string of the molecule is CC(C)(CC(=O)c1ccc(-c2ccc(Nc3ncc(N=O)s3)cc2)cc1)C(=O)O. The van der Waals surface area contributed by atoms with Gasteiger partial charge in [-0.05, 0) is 42.3 Å². The molecule has 2 N–H and O–H groups in total. The minimum Gasteiger partial charge on any atom is -0.481 e. The van der Waals surface area contributed by atoms with E-state index in [1.54, 1.807) is 26.0 Å². The summed E-state index contributed by atoms with van der Waals surface area (Å²) >= 11 is 1.17. The molecule has 0 bridgehead atoms. The zero-order chi connectivity index (χ0) is 21.0. The van der Waals surface area contributed by atoms with Crippen LogP contribution in [-0.4, -0.2) is 21.8 Å². The predicted octanol–water partition coefficient (Wildman–Crippen LogP) is 5.64. The van der Waals surface area contributed by atoms with Crippen LogP contribution in [-0.2, 0) is 4.79 Å². The number of carboxylic acids is 1. The maximum atomic E-state index is 12.4. The van der Waals surface area contributed by atoms with Crippen molar-refractivity contribution in [2.45, 2.75) is 20.3 Å². The molecule has 1 heterocycles. The predicted molar refractivity (Wildman–Crippen MR) is 113 cm³/mol. The van der Waals surface area contributed by atoms with Crippen LogP contribution in [0.5, 0.6) is 0 Å². The number of carboxylic acid groups (broad SMARTS) is 1. The van der Waals surface area contributed by atoms with Crippen molar-refractivity contribution in [1.29, 1.82) is 0 Å². The lowest BCUT2D eigenvalue weighted by Gasteiger charge is -2.17. The molecule has 0 fully saturated rings. The van der Waals surface area contributed by atoms with Crippen LogP contribution < -0.4 is 5.32 Å². The number of nitroso groups, excluding NO2 is 1. The van der Waals surface area contributed by atoms with E-state index in [-0.39, 0.29) is 12.2 Å². The molecule has 1 aromatic heterocycles. The lowest BCUT2D eigenvalue weighted by Crippen LogP contribution is -2.26. The highest BCUT2D eigenvalue weighted by molar-refractivity contribution is 7.19. The molecule has 0 aliphatic rings. The molecule has 0 saturated carbocycles. The molecule has 0 aliphatic heterocycles. The molecular formula is C21H19N3O4S. The van der Waals surface area contributed by atoms with Gasteiger partial charge in [-0.3, -0.25) is 9.59 Å². The third kappa shape index (κ3) is 4.91. The second-order valence-corrected chi connectivity index (χ2v) is 8.17. The first-order valence-corrected chi connectivity index (χ1v) is 9.63. The van der Waals surface area contributed by atoms with Gasteiger partial charge in [0, 0.05) is 17.7 Å². The highest BCUT2D eigenvalue weighted by Gasteiger charge is 2.30. The van der Waals surface area contributed by atoms with Crippen LogP contribution in [0.25, 0.3) is 11.1 Å². The summed E-state index contributed by atoms with van der Waals surface area (Å²) in [5.74, 6) is -1.19. The standard InChI is InChI=1S/C21H19N3O4S/c1-21(2,19(26)27)11-17(25)15-5-3-13(4-6-15)14-7-9-16(10-8-14)23-20-22-12-18(24-28)29-20/h3-10,12H,11H2,1-2H3,(H,22,23)(H,26,27). The van der Waals surface area contributed by atoms with Gasteiger partial charge in [-0.1, -0.05) is 47.7 Å². The number of rotatable bonds is 8. The molecule has 148 valence electrons. The number of aliphatic carboxylic acids is 1. The Morgan fingerprint density at radius 2 is 1.66 bits per heavy atom. The van der Waals surface area contributed by atoms with Gasteiger partial charge in [-0.25, -0.2) is 4.98 Å². The van der Waals surface area contributed by atoms with Crippen LogP contribution in [0.2, 0.25) is 0 Å². The summed E-state index contributed by atoms with van der Waals surface area (Å²) in [5.41, 5.74) is 2.12. The molecular weight excluding hydrogens is 390 g/mol. The molecule has 0 aliphatic carbocycles. The molecule has 29 heavy (non-hydrogen) atoms. The number of carbonyl (C=O) groups excluding carboxylic acids is 1. The van der Waals surface area contributed by atoms with E-state index in [0.717, 1.165) is 16.8 Å². The third-order valence-electron chi connectivity index (χ3n) is 4.44. The average Bonchev–Trinajstić information content (AvgIpc) is 3.16. The van der Waals surface area contributed by atoms with Crippen LogP contribution in [0.15, 0.2) is 59.9 Å². The van der Waals surface area contributed by atoms with E-state index >= 15 is 0 Å². The molecule has 3 aromatic rings. The summed E-state index contributed by atoms with van der Waals surface area (Å²) in [4.78, 5) is 38.1. The van der Waals surface area contributed by atoms with E-state index in [1.807, 2.05) is 36.4 Å². The van der Waals surface area contributed by atoms with Crippen LogP contribution in [0.4, 0.5) is 15.8 Å². The summed E-state index contributed by atoms with van der Waals surface area (Å²) < 4.78 is 0. The van der Waals surface area contributed by atoms with E-state index in [9.17, 15) is 19.6 Å². The fraction of sp³-hybridized carbons (Fsp3) is 0.190. The lowest BCUT2D eigenvalue weighted by atomic mass is 9.85. The first-order valence-electron chi connectivity index (χ1n) is 8.82. The number of nitrogens with zero attached hydrogens (tertiary/aromatic N) is 2. The first-order chi connectivity index (χ1) is 13.8. The average molecular weight is 409 g/mol. The molecule has 2 aromatic carbocycles. The van der Waals surface area contributed by atoms with Gasteiger partial charge < -0.3 is 10.4 Å². The molecule has 0 radical (unpaired) electrons. The van der Waals surface area contributed by atoms with Gasteiger partial charge in [-0.2, -0.15) is 0 Å². The highest BCUT2D eigenvalue weighted by atomic mass is 32.1. The van der Waals surface area contributed by atoms with E-state index in [0.29, 0.717) is 15.7 Å². The van der Waals surface area contributed by atoms with Gasteiger partial charge in [0.15, 0.2) is 15.9 Å². The minimum absolute atomic E-state index is 0.0554. The van der Waals surface area contributed by atoms with Crippen LogP contribution >= 0.6 is 11.3 Å². The Labute approximate surface area is 171 Å². The van der Waals surface area contributed by atoms with Crippen molar-refractivity contribution in [3.63, 3.8) is 0 Å². The Balaban J connectivity index is 1.68. The number of carbonyl (C=O) groups is 2. The van der Waals surface area contributed by atoms with Gasteiger partial charge in [-0.15, -0.1) is 4.91 Å². The summed E-state index contributed by atoms with van der Waals surface area (Å²) in [6.45, 7) is 3.08. The fourth-order valence-electron chi connectivity index (χ4n) is 2.66. The highest BCUT2D eigenvalue weighted by Crippen LogP contribution is 2.29. The van der Waals surface area contributed by atoms with Gasteiger partial charge in [0.25, 0.3) is 0 Å². The number of Topliss-reactive ketones (excluding diaryl/α,β-unsaturated/α-hetero) is 1. The van der Waals surface area contributed by atoms with Crippen molar-refractivity contribution in [2.75, 3.05) is 5.32 Å². The van der Waals surface area contributed by atoms with Gasteiger partial charge in [0.1, 0.15) is 0 Å². The number of hydrogen-bond donors (Lipinski definition) is 2. The van der Waals surface area contributed by atoms with Gasteiger partial charge in [0.05, 0.1) is 11.6 Å². The Kier molecular flexibility index (Phi) is 5.84. The molecule has 0 saturated heterocycles. The monoisotopic (exact) mass is 409 g/mol. The molecule has 0 amide bonds. The van der Waals surface area contributed by atoms with Crippen molar-refractivity contribution in [2.24, 2.45) is 10.6 Å². The van der Waals surface area contributed by atoms with Crippen LogP contribution in [0.3, 0.4) is 0 Å². The molecule has 0 atom stereocenters. The van der Waals surface area contributed by atoms with Crippen molar-refractivity contribution in [3.8, 4) is 11.1 Å². The Hall–Kier alpha value is -3.39. The summed E-state index contributed by atoms with van der Waals surface area (Å²) in [6.07, 6.45) is 1.36. The smallest absolute Gasteiger partial charge is 0.309 e. The van der Waals surface area contributed by atoms with Crippen molar-refractivity contribution >= 4 is 38.9 Å². The summed E-state index contributed by atoms with van der Waals surface area (Å²) in [7, 11) is 0. The number of nitrogens with one attached hydrogen (secondary N) is 1. The van der Waals surface area contributed by atoms with E-state index in [2.05, 4.69) is 15.5 Å². The number of thiazole rings is 1. The second-order valence-electron chi connectivity index (χ2n) is 7.16. The molecule has 3 rings (SSSR count). The topological polar surface area (TPSA) is 109 Å². The number of aromatic nitrogens is 1. The zero-order valence-electron chi connectivity index (χ0n) is 15.9. The van der Waals surface area contributed by atoms with E-state index in [4.69, 9.17) is 0 Å². The fourth-order valence-corrected chi connectivity index (χ4v) is 3.28. The van der Waals surface area contributed by atoms with Gasteiger partial charge >= 0.3 is 5.97 Å². The Morgan fingerprint density at radius 1 is 1.07 bits per heavy atom.